The summed E-state index contributed by atoms with van der Waals surface area (Å²) in [4.78, 5) is 12.1. The molecule has 0 amide bonds. The van der Waals surface area contributed by atoms with Crippen LogP contribution in [-0.2, 0) is 16.0 Å². The van der Waals surface area contributed by atoms with Gasteiger partial charge in [-0.3, -0.25) is 0 Å². The Morgan fingerprint density at radius 2 is 1.62 bits per heavy atom. The van der Waals surface area contributed by atoms with Crippen LogP contribution in [0.15, 0.2) is 53.0 Å². The molecule has 2 nitrogen and oxygen atoms in total. The van der Waals surface area contributed by atoms with Crippen LogP contribution < -0.4 is 0 Å². The average molecular weight is 343 g/mol. The Bertz CT molecular complexity index is 697. The van der Waals surface area contributed by atoms with Crippen molar-refractivity contribution in [3.63, 3.8) is 0 Å². The number of halogens is 1. The quantitative estimate of drug-likeness (QED) is 0.768. The van der Waals surface area contributed by atoms with Gasteiger partial charge in [-0.15, -0.1) is 0 Å². The van der Waals surface area contributed by atoms with Crippen molar-refractivity contribution in [3.05, 3.63) is 69.7 Å². The SMILES string of the molecule is CCc1ccc(C2=C(c3ccc(Br)cc3)C(=O)OC2)cc1. The predicted molar refractivity (Wildman–Crippen MR) is 87.7 cm³/mol. The maximum absolute atomic E-state index is 12.1. The molecule has 0 N–H and O–H groups in total. The standard InChI is InChI=1S/C18H15BrO2/c1-2-12-3-5-13(6-4-12)16-11-21-18(20)17(16)14-7-9-15(19)10-8-14/h3-10H,2,11H2,1H3. The van der Waals surface area contributed by atoms with E-state index in [1.807, 2.05) is 24.3 Å². The normalized spacial score (nSPS) is 14.5. The lowest BCUT2D eigenvalue weighted by atomic mass is 9.96. The molecule has 2 aromatic rings. The molecule has 106 valence electrons. The molecule has 1 aliphatic heterocycles. The maximum Gasteiger partial charge on any atom is 0.339 e. The van der Waals surface area contributed by atoms with E-state index < -0.39 is 0 Å². The summed E-state index contributed by atoms with van der Waals surface area (Å²) in [5.41, 5.74) is 4.87. The number of rotatable bonds is 3. The zero-order valence-corrected chi connectivity index (χ0v) is 13.3. The highest BCUT2D eigenvalue weighted by Crippen LogP contribution is 2.33. The third-order valence-corrected chi connectivity index (χ3v) is 4.23. The molecule has 0 saturated carbocycles. The molecular weight excluding hydrogens is 328 g/mol. The molecule has 0 fully saturated rings. The molecule has 0 aliphatic carbocycles. The fourth-order valence-corrected chi connectivity index (χ4v) is 2.75. The van der Waals surface area contributed by atoms with Crippen molar-refractivity contribution in [3.8, 4) is 0 Å². The molecule has 3 rings (SSSR count). The summed E-state index contributed by atoms with van der Waals surface area (Å²) >= 11 is 3.41. The van der Waals surface area contributed by atoms with Crippen LogP contribution in [0.3, 0.4) is 0 Å². The van der Waals surface area contributed by atoms with Crippen LogP contribution in [0, 0.1) is 0 Å². The second kappa shape index (κ2) is 5.86. The van der Waals surface area contributed by atoms with E-state index in [9.17, 15) is 4.79 Å². The van der Waals surface area contributed by atoms with Crippen molar-refractivity contribution in [2.75, 3.05) is 6.61 Å². The van der Waals surface area contributed by atoms with Crippen LogP contribution in [0.2, 0.25) is 0 Å². The van der Waals surface area contributed by atoms with E-state index in [2.05, 4.69) is 47.1 Å². The number of aryl methyl sites for hydroxylation is 1. The molecule has 0 radical (unpaired) electrons. The highest BCUT2D eigenvalue weighted by Gasteiger charge is 2.26. The summed E-state index contributed by atoms with van der Waals surface area (Å²) in [5, 5.41) is 0. The van der Waals surface area contributed by atoms with E-state index in [0.29, 0.717) is 12.2 Å². The number of hydrogen-bond acceptors (Lipinski definition) is 2. The van der Waals surface area contributed by atoms with Gasteiger partial charge in [0.15, 0.2) is 0 Å². The molecule has 0 spiro atoms. The number of benzene rings is 2. The molecule has 0 saturated heterocycles. The summed E-state index contributed by atoms with van der Waals surface area (Å²) < 4.78 is 6.24. The van der Waals surface area contributed by atoms with Gasteiger partial charge in [-0.05, 0) is 35.2 Å². The summed E-state index contributed by atoms with van der Waals surface area (Å²) in [6, 6.07) is 16.1. The largest absolute Gasteiger partial charge is 0.457 e. The number of cyclic esters (lactones) is 1. The number of carbonyl (C=O) groups is 1. The molecule has 0 unspecified atom stereocenters. The smallest absolute Gasteiger partial charge is 0.339 e. The first-order chi connectivity index (χ1) is 10.2. The Morgan fingerprint density at radius 3 is 2.24 bits per heavy atom. The Balaban J connectivity index is 2.07. The van der Waals surface area contributed by atoms with E-state index in [1.54, 1.807) is 0 Å². The van der Waals surface area contributed by atoms with Crippen molar-refractivity contribution in [2.45, 2.75) is 13.3 Å². The number of carbonyl (C=O) groups excluding carboxylic acids is 1. The molecule has 1 aliphatic rings. The van der Waals surface area contributed by atoms with Gasteiger partial charge in [0, 0.05) is 10.0 Å². The molecule has 3 heteroatoms. The predicted octanol–water partition coefficient (Wildman–Crippen LogP) is 4.48. The number of esters is 1. The highest BCUT2D eigenvalue weighted by atomic mass is 79.9. The monoisotopic (exact) mass is 342 g/mol. The highest BCUT2D eigenvalue weighted by molar-refractivity contribution is 9.10. The van der Waals surface area contributed by atoms with Gasteiger partial charge in [0.1, 0.15) is 6.61 Å². The van der Waals surface area contributed by atoms with E-state index in [0.717, 1.165) is 27.6 Å². The Morgan fingerprint density at radius 1 is 1.00 bits per heavy atom. The lowest BCUT2D eigenvalue weighted by Gasteiger charge is -2.06. The van der Waals surface area contributed by atoms with Crippen LogP contribution in [0.5, 0.6) is 0 Å². The number of hydrogen-bond donors (Lipinski definition) is 0. The van der Waals surface area contributed by atoms with Gasteiger partial charge >= 0.3 is 5.97 Å². The summed E-state index contributed by atoms with van der Waals surface area (Å²) in [6.45, 7) is 2.47. The minimum absolute atomic E-state index is 0.244. The molecule has 0 aromatic heterocycles. The Kier molecular flexibility index (Phi) is 3.93. The summed E-state index contributed by atoms with van der Waals surface area (Å²) in [5.74, 6) is -0.244. The lowest BCUT2D eigenvalue weighted by molar-refractivity contribution is -0.133. The zero-order valence-electron chi connectivity index (χ0n) is 11.7. The lowest BCUT2D eigenvalue weighted by Crippen LogP contribution is -1.98. The topological polar surface area (TPSA) is 26.3 Å². The van der Waals surface area contributed by atoms with Gasteiger partial charge in [0.2, 0.25) is 0 Å². The third-order valence-electron chi connectivity index (χ3n) is 3.70. The fraction of sp³-hybridized carbons (Fsp3) is 0.167. The average Bonchev–Trinajstić information content (AvgIpc) is 2.90. The van der Waals surface area contributed by atoms with Gasteiger partial charge in [0.25, 0.3) is 0 Å². The van der Waals surface area contributed by atoms with Crippen LogP contribution in [0.25, 0.3) is 11.1 Å². The van der Waals surface area contributed by atoms with Crippen LogP contribution in [-0.4, -0.2) is 12.6 Å². The summed E-state index contributed by atoms with van der Waals surface area (Å²) in [6.07, 6.45) is 1.01. The molecular formula is C18H15BrO2. The molecule has 0 atom stereocenters. The van der Waals surface area contributed by atoms with Crippen LogP contribution >= 0.6 is 15.9 Å². The summed E-state index contributed by atoms with van der Waals surface area (Å²) in [7, 11) is 0. The second-order valence-corrected chi connectivity index (χ2v) is 5.90. The van der Waals surface area contributed by atoms with Crippen molar-refractivity contribution in [1.29, 1.82) is 0 Å². The van der Waals surface area contributed by atoms with E-state index in [-0.39, 0.29) is 5.97 Å². The van der Waals surface area contributed by atoms with E-state index >= 15 is 0 Å². The zero-order chi connectivity index (χ0) is 14.8. The molecule has 1 heterocycles. The van der Waals surface area contributed by atoms with Crippen molar-refractivity contribution < 1.29 is 9.53 Å². The minimum Gasteiger partial charge on any atom is -0.457 e. The Labute approximate surface area is 132 Å². The second-order valence-electron chi connectivity index (χ2n) is 4.99. The van der Waals surface area contributed by atoms with Crippen molar-refractivity contribution in [2.24, 2.45) is 0 Å². The third kappa shape index (κ3) is 2.79. The van der Waals surface area contributed by atoms with E-state index in [1.165, 1.54) is 5.56 Å². The Hall–Kier alpha value is -1.87. The van der Waals surface area contributed by atoms with Gasteiger partial charge < -0.3 is 4.74 Å². The molecule has 0 bridgehead atoms. The van der Waals surface area contributed by atoms with Crippen LogP contribution in [0.1, 0.15) is 23.6 Å². The van der Waals surface area contributed by atoms with Crippen molar-refractivity contribution >= 4 is 33.0 Å². The minimum atomic E-state index is -0.244. The molecule has 21 heavy (non-hydrogen) atoms. The first-order valence-corrected chi connectivity index (χ1v) is 7.74. The van der Waals surface area contributed by atoms with Gasteiger partial charge in [0.05, 0.1) is 5.57 Å². The fourth-order valence-electron chi connectivity index (χ4n) is 2.48. The molecule has 2 aromatic carbocycles. The van der Waals surface area contributed by atoms with Gasteiger partial charge in [-0.2, -0.15) is 0 Å². The number of ether oxygens (including phenoxy) is 1. The van der Waals surface area contributed by atoms with Gasteiger partial charge in [-0.25, -0.2) is 4.79 Å². The van der Waals surface area contributed by atoms with Crippen molar-refractivity contribution in [1.82, 2.24) is 0 Å². The van der Waals surface area contributed by atoms with E-state index in [4.69, 9.17) is 4.74 Å². The first kappa shape index (κ1) is 14.1. The van der Waals surface area contributed by atoms with Crippen LogP contribution in [0.4, 0.5) is 0 Å². The maximum atomic E-state index is 12.1. The van der Waals surface area contributed by atoms with Gasteiger partial charge in [-0.1, -0.05) is 59.3 Å². The first-order valence-electron chi connectivity index (χ1n) is 6.94.